The molecule has 0 fully saturated rings. The first-order valence-electron chi connectivity index (χ1n) is 6.82. The number of benzene rings is 1. The molecule has 0 radical (unpaired) electrons. The molecule has 2 aromatic rings. The summed E-state index contributed by atoms with van der Waals surface area (Å²) in [7, 11) is 0. The molecule has 0 bridgehead atoms. The topological polar surface area (TPSA) is 21.3 Å². The fourth-order valence-corrected chi connectivity index (χ4v) is 2.96. The van der Waals surface area contributed by atoms with Crippen molar-refractivity contribution in [1.82, 2.24) is 5.32 Å². The van der Waals surface area contributed by atoms with Crippen LogP contribution in [-0.2, 0) is 13.0 Å². The molecule has 1 heterocycles. The third-order valence-corrected chi connectivity index (χ3v) is 4.34. The highest BCUT2D eigenvalue weighted by atomic mass is 79.9. The van der Waals surface area contributed by atoms with Gasteiger partial charge in [-0.1, -0.05) is 35.8 Å². The lowest BCUT2D eigenvalue weighted by atomic mass is 10.2. The van der Waals surface area contributed by atoms with Crippen LogP contribution in [0, 0.1) is 0 Å². The molecular formula is C16H20BrNOS. The van der Waals surface area contributed by atoms with Crippen molar-refractivity contribution < 1.29 is 4.74 Å². The van der Waals surface area contributed by atoms with E-state index in [-0.39, 0.29) is 0 Å². The fourth-order valence-electron chi connectivity index (χ4n) is 1.86. The summed E-state index contributed by atoms with van der Waals surface area (Å²) in [5.41, 5.74) is 1.19. The number of rotatable bonds is 7. The molecular weight excluding hydrogens is 334 g/mol. The van der Waals surface area contributed by atoms with Crippen LogP contribution in [0.25, 0.3) is 0 Å². The summed E-state index contributed by atoms with van der Waals surface area (Å²) >= 11 is 5.30. The van der Waals surface area contributed by atoms with Gasteiger partial charge in [0.25, 0.3) is 0 Å². The predicted octanol–water partition coefficient (Wildman–Crippen LogP) is 4.63. The molecule has 0 aliphatic heterocycles. The number of ether oxygens (including phenoxy) is 1. The fraction of sp³-hybridized carbons (Fsp3) is 0.375. The Kier molecular flexibility index (Phi) is 6.07. The average Bonchev–Trinajstić information content (AvgIpc) is 2.91. The zero-order chi connectivity index (χ0) is 14.4. The van der Waals surface area contributed by atoms with Gasteiger partial charge in [-0.05, 0) is 29.6 Å². The summed E-state index contributed by atoms with van der Waals surface area (Å²) in [5.74, 6) is 0.970. The van der Waals surface area contributed by atoms with Crippen LogP contribution in [-0.4, -0.2) is 12.6 Å². The van der Waals surface area contributed by atoms with E-state index in [1.807, 2.05) is 12.1 Å². The summed E-state index contributed by atoms with van der Waals surface area (Å²) in [4.78, 5) is 1.36. The predicted molar refractivity (Wildman–Crippen MR) is 89.6 cm³/mol. The standard InChI is InChI=1S/C16H20BrNOS/c1-12(2)18-11-13-10-14(17)5-6-16(13)19-8-7-15-4-3-9-20-15/h3-6,9-10,12,18H,7-8,11H2,1-2H3. The largest absolute Gasteiger partial charge is 0.493 e. The van der Waals surface area contributed by atoms with Crippen LogP contribution in [0.15, 0.2) is 40.2 Å². The lowest BCUT2D eigenvalue weighted by Gasteiger charge is -2.14. The number of halogens is 1. The van der Waals surface area contributed by atoms with Gasteiger partial charge >= 0.3 is 0 Å². The van der Waals surface area contributed by atoms with E-state index in [0.717, 1.165) is 29.8 Å². The van der Waals surface area contributed by atoms with Crippen molar-refractivity contribution in [3.63, 3.8) is 0 Å². The van der Waals surface area contributed by atoms with Crippen molar-refractivity contribution in [3.8, 4) is 5.75 Å². The maximum atomic E-state index is 5.94. The first-order valence-corrected chi connectivity index (χ1v) is 8.49. The molecule has 4 heteroatoms. The van der Waals surface area contributed by atoms with E-state index in [0.29, 0.717) is 6.04 Å². The second kappa shape index (κ2) is 7.81. The highest BCUT2D eigenvalue weighted by Crippen LogP contribution is 2.23. The van der Waals surface area contributed by atoms with Crippen molar-refractivity contribution in [2.24, 2.45) is 0 Å². The van der Waals surface area contributed by atoms with E-state index in [4.69, 9.17) is 4.74 Å². The van der Waals surface area contributed by atoms with Gasteiger partial charge in [0.2, 0.25) is 0 Å². The van der Waals surface area contributed by atoms with E-state index in [9.17, 15) is 0 Å². The molecule has 2 nitrogen and oxygen atoms in total. The molecule has 20 heavy (non-hydrogen) atoms. The zero-order valence-corrected chi connectivity index (χ0v) is 14.3. The number of thiophene rings is 1. The van der Waals surface area contributed by atoms with E-state index in [2.05, 4.69) is 58.7 Å². The van der Waals surface area contributed by atoms with Gasteiger partial charge in [-0.3, -0.25) is 0 Å². The second-order valence-electron chi connectivity index (χ2n) is 4.97. The molecule has 0 aliphatic rings. The number of nitrogens with one attached hydrogen (secondary N) is 1. The van der Waals surface area contributed by atoms with Crippen LogP contribution >= 0.6 is 27.3 Å². The van der Waals surface area contributed by atoms with Gasteiger partial charge in [-0.2, -0.15) is 0 Å². The highest BCUT2D eigenvalue weighted by Gasteiger charge is 2.06. The zero-order valence-electron chi connectivity index (χ0n) is 11.9. The van der Waals surface area contributed by atoms with Crippen LogP contribution < -0.4 is 10.1 Å². The van der Waals surface area contributed by atoms with Crippen LogP contribution in [0.2, 0.25) is 0 Å². The number of hydrogen-bond donors (Lipinski definition) is 1. The third-order valence-electron chi connectivity index (χ3n) is 2.91. The maximum Gasteiger partial charge on any atom is 0.123 e. The van der Waals surface area contributed by atoms with E-state index < -0.39 is 0 Å². The smallest absolute Gasteiger partial charge is 0.123 e. The molecule has 0 aliphatic carbocycles. The van der Waals surface area contributed by atoms with Crippen molar-refractivity contribution >= 4 is 27.3 Å². The molecule has 1 aromatic heterocycles. The summed E-state index contributed by atoms with van der Waals surface area (Å²) < 4.78 is 7.03. The molecule has 1 N–H and O–H groups in total. The Morgan fingerprint density at radius 1 is 1.30 bits per heavy atom. The third kappa shape index (κ3) is 4.93. The Morgan fingerprint density at radius 3 is 2.85 bits per heavy atom. The van der Waals surface area contributed by atoms with Crippen molar-refractivity contribution in [2.45, 2.75) is 32.9 Å². The molecule has 0 spiro atoms. The van der Waals surface area contributed by atoms with Crippen molar-refractivity contribution in [2.75, 3.05) is 6.61 Å². The first kappa shape index (κ1) is 15.5. The summed E-state index contributed by atoms with van der Waals surface area (Å²) in [6.45, 7) is 5.84. The van der Waals surface area contributed by atoms with Gasteiger partial charge in [0.05, 0.1) is 6.61 Å². The Bertz CT molecular complexity index is 525. The van der Waals surface area contributed by atoms with E-state index >= 15 is 0 Å². The second-order valence-corrected chi connectivity index (χ2v) is 6.91. The first-order chi connectivity index (χ1) is 9.65. The lowest BCUT2D eigenvalue weighted by molar-refractivity contribution is 0.318. The molecule has 0 saturated carbocycles. The maximum absolute atomic E-state index is 5.94. The SMILES string of the molecule is CC(C)NCc1cc(Br)ccc1OCCc1cccs1. The molecule has 1 aromatic carbocycles. The van der Waals surface area contributed by atoms with Crippen LogP contribution in [0.5, 0.6) is 5.75 Å². The molecule has 2 rings (SSSR count). The Hall–Kier alpha value is -0.840. The van der Waals surface area contributed by atoms with E-state index in [1.54, 1.807) is 11.3 Å². The highest BCUT2D eigenvalue weighted by molar-refractivity contribution is 9.10. The summed E-state index contributed by atoms with van der Waals surface area (Å²) in [6, 6.07) is 10.9. The Balaban J connectivity index is 1.95. The van der Waals surface area contributed by atoms with Crippen LogP contribution in [0.4, 0.5) is 0 Å². The van der Waals surface area contributed by atoms with Gasteiger partial charge < -0.3 is 10.1 Å². The normalized spacial score (nSPS) is 11.0. The average molecular weight is 354 g/mol. The summed E-state index contributed by atoms with van der Waals surface area (Å²) in [5, 5.41) is 5.54. The van der Waals surface area contributed by atoms with Gasteiger partial charge in [-0.25, -0.2) is 0 Å². The molecule has 0 amide bonds. The lowest BCUT2D eigenvalue weighted by Crippen LogP contribution is -2.22. The van der Waals surface area contributed by atoms with Gasteiger partial charge in [0.1, 0.15) is 5.75 Å². The van der Waals surface area contributed by atoms with Crippen LogP contribution in [0.1, 0.15) is 24.3 Å². The molecule has 0 saturated heterocycles. The quantitative estimate of drug-likeness (QED) is 0.783. The van der Waals surface area contributed by atoms with Gasteiger partial charge in [0.15, 0.2) is 0 Å². The molecule has 0 atom stereocenters. The number of hydrogen-bond acceptors (Lipinski definition) is 3. The minimum atomic E-state index is 0.466. The van der Waals surface area contributed by atoms with Crippen molar-refractivity contribution in [3.05, 3.63) is 50.6 Å². The van der Waals surface area contributed by atoms with Crippen LogP contribution in [0.3, 0.4) is 0 Å². The Labute approximate surface area is 133 Å². The van der Waals surface area contributed by atoms with Gasteiger partial charge in [0, 0.05) is 33.9 Å². The molecule has 0 unspecified atom stereocenters. The molecule has 108 valence electrons. The Morgan fingerprint density at radius 2 is 2.15 bits per heavy atom. The minimum Gasteiger partial charge on any atom is -0.493 e. The van der Waals surface area contributed by atoms with Gasteiger partial charge in [-0.15, -0.1) is 11.3 Å². The van der Waals surface area contributed by atoms with E-state index in [1.165, 1.54) is 10.4 Å². The monoisotopic (exact) mass is 353 g/mol. The minimum absolute atomic E-state index is 0.466. The van der Waals surface area contributed by atoms with Crippen molar-refractivity contribution in [1.29, 1.82) is 0 Å². The summed E-state index contributed by atoms with van der Waals surface area (Å²) in [6.07, 6.45) is 0.963.